The fraction of sp³-hybridized carbons (Fsp3) is 0.100. The third-order valence-corrected chi connectivity index (χ3v) is 6.29. The van der Waals surface area contributed by atoms with Gasteiger partial charge in [-0.1, -0.05) is 29.8 Å². The second kappa shape index (κ2) is 7.64. The Morgan fingerprint density at radius 1 is 1.10 bits per heavy atom. The van der Waals surface area contributed by atoms with Crippen LogP contribution in [-0.2, 0) is 10.0 Å². The van der Waals surface area contributed by atoms with Crippen LogP contribution in [0.1, 0.15) is 11.3 Å². The zero-order chi connectivity index (χ0) is 22.3. The van der Waals surface area contributed by atoms with Gasteiger partial charge in [0.2, 0.25) is 0 Å². The molecule has 0 saturated heterocycles. The van der Waals surface area contributed by atoms with E-state index < -0.39 is 20.6 Å². The molecule has 0 amide bonds. The van der Waals surface area contributed by atoms with Crippen LogP contribution in [0.2, 0.25) is 5.02 Å². The maximum atomic E-state index is 12.9. The van der Waals surface area contributed by atoms with E-state index in [2.05, 4.69) is 14.8 Å². The highest BCUT2D eigenvalue weighted by atomic mass is 35.5. The van der Waals surface area contributed by atoms with Crippen LogP contribution in [0.25, 0.3) is 16.7 Å². The van der Waals surface area contributed by atoms with Crippen LogP contribution in [0.4, 0.5) is 11.5 Å². The maximum Gasteiger partial charge on any atom is 0.289 e. The number of sulfonamides is 1. The van der Waals surface area contributed by atoms with Gasteiger partial charge in [0, 0.05) is 17.5 Å². The van der Waals surface area contributed by atoms with Crippen molar-refractivity contribution in [3.05, 3.63) is 81.0 Å². The lowest BCUT2D eigenvalue weighted by atomic mass is 10.1. The summed E-state index contributed by atoms with van der Waals surface area (Å²) < 4.78 is 29.7. The van der Waals surface area contributed by atoms with Gasteiger partial charge < -0.3 is 0 Å². The first kappa shape index (κ1) is 20.8. The molecule has 0 saturated carbocycles. The van der Waals surface area contributed by atoms with E-state index in [0.29, 0.717) is 11.5 Å². The number of pyridine rings is 1. The molecular weight excluding hydrogens is 442 g/mol. The van der Waals surface area contributed by atoms with E-state index in [-0.39, 0.29) is 15.7 Å². The van der Waals surface area contributed by atoms with Crippen LogP contribution in [0.3, 0.4) is 0 Å². The Morgan fingerprint density at radius 2 is 1.84 bits per heavy atom. The highest BCUT2D eigenvalue weighted by molar-refractivity contribution is 7.92. The van der Waals surface area contributed by atoms with E-state index in [1.807, 2.05) is 31.2 Å². The quantitative estimate of drug-likeness (QED) is 0.350. The number of rotatable bonds is 5. The molecule has 0 bridgehead atoms. The highest BCUT2D eigenvalue weighted by Crippen LogP contribution is 2.29. The molecule has 0 spiro atoms. The van der Waals surface area contributed by atoms with Crippen LogP contribution in [0, 0.1) is 24.0 Å². The first-order valence-corrected chi connectivity index (χ1v) is 10.9. The molecule has 0 atom stereocenters. The van der Waals surface area contributed by atoms with Crippen LogP contribution >= 0.6 is 11.6 Å². The van der Waals surface area contributed by atoms with Gasteiger partial charge >= 0.3 is 0 Å². The van der Waals surface area contributed by atoms with Crippen molar-refractivity contribution in [1.82, 2.24) is 14.8 Å². The van der Waals surface area contributed by atoms with Gasteiger partial charge in [-0.25, -0.2) is 13.4 Å². The standard InChI is InChI=1S/C20H16ClN5O4S/c1-12-9-19(22-17-6-4-3-5-15(12)17)25-20(10-13(2)23-25)24-31(29,30)14-7-8-16(21)18(11-14)26(27)28/h3-11,24H,1-2H3. The molecule has 31 heavy (non-hydrogen) atoms. The van der Waals surface area contributed by atoms with Gasteiger partial charge in [0.15, 0.2) is 5.82 Å². The number of hydrogen-bond donors (Lipinski definition) is 1. The lowest BCUT2D eigenvalue weighted by Crippen LogP contribution is -2.16. The molecule has 4 rings (SSSR count). The Bertz CT molecular complexity index is 1450. The molecule has 1 N–H and O–H groups in total. The average molecular weight is 458 g/mol. The molecule has 0 unspecified atom stereocenters. The molecule has 2 aromatic carbocycles. The smallest absolute Gasteiger partial charge is 0.263 e. The van der Waals surface area contributed by atoms with Crippen molar-refractivity contribution in [2.24, 2.45) is 0 Å². The Kier molecular flexibility index (Phi) is 5.11. The number of nitro groups is 1. The second-order valence-corrected chi connectivity index (χ2v) is 8.96. The fourth-order valence-corrected chi connectivity index (χ4v) is 4.42. The number of aromatic nitrogens is 3. The first-order valence-electron chi connectivity index (χ1n) is 9.06. The van der Waals surface area contributed by atoms with Crippen LogP contribution in [-0.4, -0.2) is 28.1 Å². The highest BCUT2D eigenvalue weighted by Gasteiger charge is 2.23. The number of nitro benzene ring substituents is 1. The molecule has 158 valence electrons. The second-order valence-electron chi connectivity index (χ2n) is 6.87. The van der Waals surface area contributed by atoms with E-state index in [4.69, 9.17) is 11.6 Å². The van der Waals surface area contributed by atoms with Crippen molar-refractivity contribution in [2.45, 2.75) is 18.7 Å². The van der Waals surface area contributed by atoms with Crippen LogP contribution in [0.5, 0.6) is 0 Å². The third-order valence-electron chi connectivity index (χ3n) is 4.62. The SMILES string of the molecule is Cc1cc(NS(=O)(=O)c2ccc(Cl)c([N+](=O)[O-])c2)n(-c2cc(C)c3ccccc3n2)n1. The summed E-state index contributed by atoms with van der Waals surface area (Å²) in [6.45, 7) is 3.65. The normalized spacial score (nSPS) is 11.6. The summed E-state index contributed by atoms with van der Waals surface area (Å²) in [5.74, 6) is 0.585. The minimum atomic E-state index is -4.16. The predicted octanol–water partition coefficient (Wildman–Crippen LogP) is 4.40. The van der Waals surface area contributed by atoms with Gasteiger partial charge in [0.1, 0.15) is 10.8 Å². The molecule has 0 aliphatic rings. The number of aryl methyl sites for hydroxylation is 2. The third kappa shape index (κ3) is 3.94. The lowest BCUT2D eigenvalue weighted by Gasteiger charge is -2.12. The summed E-state index contributed by atoms with van der Waals surface area (Å²) >= 11 is 5.79. The fourth-order valence-electron chi connectivity index (χ4n) is 3.18. The van der Waals surface area contributed by atoms with E-state index in [1.165, 1.54) is 16.8 Å². The number of benzene rings is 2. The molecule has 4 aromatic rings. The van der Waals surface area contributed by atoms with Gasteiger partial charge in [-0.2, -0.15) is 9.78 Å². The van der Waals surface area contributed by atoms with Crippen molar-refractivity contribution < 1.29 is 13.3 Å². The summed E-state index contributed by atoms with van der Waals surface area (Å²) in [4.78, 5) is 14.7. The van der Waals surface area contributed by atoms with Gasteiger partial charge in [0.05, 0.1) is 21.0 Å². The monoisotopic (exact) mass is 457 g/mol. The van der Waals surface area contributed by atoms with Crippen LogP contribution < -0.4 is 4.72 Å². The zero-order valence-electron chi connectivity index (χ0n) is 16.4. The number of hydrogen-bond acceptors (Lipinski definition) is 6. The predicted molar refractivity (Wildman–Crippen MR) is 117 cm³/mol. The van der Waals surface area contributed by atoms with Gasteiger partial charge in [-0.05, 0) is 43.7 Å². The number of halogens is 1. The number of fused-ring (bicyclic) bond motifs is 1. The van der Waals surface area contributed by atoms with E-state index in [0.717, 1.165) is 22.5 Å². The molecule has 0 radical (unpaired) electrons. The number of nitrogens with zero attached hydrogens (tertiary/aromatic N) is 4. The van der Waals surface area contributed by atoms with E-state index >= 15 is 0 Å². The van der Waals surface area contributed by atoms with Gasteiger partial charge in [0.25, 0.3) is 15.7 Å². The average Bonchev–Trinajstić information content (AvgIpc) is 3.07. The molecule has 0 fully saturated rings. The van der Waals surface area contributed by atoms with Crippen molar-refractivity contribution >= 4 is 44.0 Å². The Labute approximate surface area is 182 Å². The first-order chi connectivity index (χ1) is 14.7. The largest absolute Gasteiger partial charge is 0.289 e. The van der Waals surface area contributed by atoms with Crippen molar-refractivity contribution in [2.75, 3.05) is 4.72 Å². The van der Waals surface area contributed by atoms with Crippen molar-refractivity contribution in [1.29, 1.82) is 0 Å². The molecular formula is C20H16ClN5O4S. The Morgan fingerprint density at radius 3 is 2.58 bits per heavy atom. The summed E-state index contributed by atoms with van der Waals surface area (Å²) in [5.41, 5.74) is 1.76. The number of para-hydroxylation sites is 1. The minimum absolute atomic E-state index is 0.150. The molecule has 2 heterocycles. The molecule has 11 heteroatoms. The zero-order valence-corrected chi connectivity index (χ0v) is 18.0. The van der Waals surface area contributed by atoms with Gasteiger partial charge in [-0.15, -0.1) is 0 Å². The summed E-state index contributed by atoms with van der Waals surface area (Å²) in [6.07, 6.45) is 0. The lowest BCUT2D eigenvalue weighted by molar-refractivity contribution is -0.384. The maximum absolute atomic E-state index is 12.9. The van der Waals surface area contributed by atoms with Crippen molar-refractivity contribution in [3.8, 4) is 5.82 Å². The van der Waals surface area contributed by atoms with E-state index in [9.17, 15) is 18.5 Å². The molecule has 9 nitrogen and oxygen atoms in total. The summed E-state index contributed by atoms with van der Waals surface area (Å²) in [7, 11) is -4.16. The number of anilines is 1. The summed E-state index contributed by atoms with van der Waals surface area (Å²) in [5, 5.41) is 16.3. The number of nitrogens with one attached hydrogen (secondary N) is 1. The minimum Gasteiger partial charge on any atom is -0.263 e. The molecule has 0 aliphatic heterocycles. The molecule has 0 aliphatic carbocycles. The Hall–Kier alpha value is -3.50. The topological polar surface area (TPSA) is 120 Å². The Balaban J connectivity index is 1.78. The molecule has 2 aromatic heterocycles. The van der Waals surface area contributed by atoms with Crippen LogP contribution in [0.15, 0.2) is 59.5 Å². The van der Waals surface area contributed by atoms with Gasteiger partial charge in [-0.3, -0.25) is 14.8 Å². The van der Waals surface area contributed by atoms with E-state index in [1.54, 1.807) is 19.1 Å². The summed E-state index contributed by atoms with van der Waals surface area (Å²) in [6, 6.07) is 14.2. The van der Waals surface area contributed by atoms with Crippen molar-refractivity contribution in [3.63, 3.8) is 0 Å².